The van der Waals surface area contributed by atoms with E-state index in [0.717, 1.165) is 5.56 Å². The van der Waals surface area contributed by atoms with E-state index in [4.69, 9.17) is 4.52 Å². The maximum atomic E-state index is 12.9. The molecule has 16 heavy (non-hydrogen) atoms. The molecule has 0 radical (unpaired) electrons. The zero-order valence-electron chi connectivity index (χ0n) is 8.45. The minimum absolute atomic E-state index is 0.324. The van der Waals surface area contributed by atoms with Crippen molar-refractivity contribution in [2.45, 2.75) is 13.0 Å². The van der Waals surface area contributed by atoms with Gasteiger partial charge in [-0.1, -0.05) is 5.16 Å². The van der Waals surface area contributed by atoms with Gasteiger partial charge in [0, 0.05) is 16.1 Å². The smallest absolute Gasteiger partial charge is 0.165 e. The van der Waals surface area contributed by atoms with Crippen molar-refractivity contribution >= 4 is 15.9 Å². The molecule has 0 aliphatic heterocycles. The third-order valence-corrected chi connectivity index (χ3v) is 2.80. The molecular formula is C11H9BrFNO2. The molecule has 1 N–H and O–H groups in total. The molecule has 2 rings (SSSR count). The number of nitrogens with zero attached hydrogens (tertiary/aromatic N) is 1. The van der Waals surface area contributed by atoms with Crippen molar-refractivity contribution in [1.29, 1.82) is 0 Å². The lowest BCUT2D eigenvalue weighted by Gasteiger charge is -1.99. The van der Waals surface area contributed by atoms with Crippen molar-refractivity contribution in [3.63, 3.8) is 0 Å². The minimum Gasteiger partial charge on any atom is -0.385 e. The van der Waals surface area contributed by atoms with Gasteiger partial charge in [-0.05, 0) is 41.1 Å². The fourth-order valence-electron chi connectivity index (χ4n) is 1.31. The van der Waals surface area contributed by atoms with Crippen LogP contribution in [-0.2, 0) is 0 Å². The molecule has 2 aromatic rings. The molecule has 3 nitrogen and oxygen atoms in total. The lowest BCUT2D eigenvalue weighted by atomic mass is 10.1. The van der Waals surface area contributed by atoms with Crippen molar-refractivity contribution in [2.24, 2.45) is 0 Å². The third kappa shape index (κ3) is 2.15. The number of benzene rings is 1. The normalized spacial score (nSPS) is 12.8. The highest BCUT2D eigenvalue weighted by molar-refractivity contribution is 9.10. The van der Waals surface area contributed by atoms with Gasteiger partial charge in [-0.3, -0.25) is 0 Å². The Morgan fingerprint density at radius 3 is 2.75 bits per heavy atom. The minimum atomic E-state index is -0.708. The summed E-state index contributed by atoms with van der Waals surface area (Å²) < 4.78 is 18.4. The predicted octanol–water partition coefficient (Wildman–Crippen LogP) is 3.30. The Morgan fingerprint density at radius 1 is 1.44 bits per heavy atom. The van der Waals surface area contributed by atoms with Gasteiger partial charge in [0.25, 0.3) is 0 Å². The average Bonchev–Trinajstić information content (AvgIpc) is 2.66. The van der Waals surface area contributed by atoms with Crippen LogP contribution in [0.1, 0.15) is 18.8 Å². The van der Waals surface area contributed by atoms with E-state index in [2.05, 4.69) is 21.1 Å². The van der Waals surface area contributed by atoms with Crippen LogP contribution in [0, 0.1) is 5.82 Å². The molecule has 0 amide bonds. The Hall–Kier alpha value is -1.20. The quantitative estimate of drug-likeness (QED) is 0.921. The Kier molecular flexibility index (Phi) is 3.07. The number of rotatable bonds is 2. The van der Waals surface area contributed by atoms with Crippen molar-refractivity contribution in [3.05, 3.63) is 40.3 Å². The van der Waals surface area contributed by atoms with Gasteiger partial charge >= 0.3 is 0 Å². The van der Waals surface area contributed by atoms with E-state index in [0.29, 0.717) is 15.9 Å². The second kappa shape index (κ2) is 4.35. The predicted molar refractivity (Wildman–Crippen MR) is 60.2 cm³/mol. The summed E-state index contributed by atoms with van der Waals surface area (Å²) in [7, 11) is 0. The molecule has 0 fully saturated rings. The summed E-state index contributed by atoms with van der Waals surface area (Å²) in [6, 6.07) is 5.93. The van der Waals surface area contributed by atoms with Crippen molar-refractivity contribution in [3.8, 4) is 11.3 Å². The summed E-state index contributed by atoms with van der Waals surface area (Å²) in [6.45, 7) is 1.59. The molecule has 0 aliphatic rings. The van der Waals surface area contributed by atoms with Crippen molar-refractivity contribution in [2.75, 3.05) is 0 Å². The fourth-order valence-corrected chi connectivity index (χ4v) is 1.86. The zero-order valence-corrected chi connectivity index (χ0v) is 10.0. The van der Waals surface area contributed by atoms with Crippen LogP contribution in [0.2, 0.25) is 0 Å². The first kappa shape index (κ1) is 11.3. The number of aromatic nitrogens is 1. The van der Waals surface area contributed by atoms with Crippen LogP contribution < -0.4 is 0 Å². The largest absolute Gasteiger partial charge is 0.385 e. The topological polar surface area (TPSA) is 46.3 Å². The Labute approximate surface area is 100 Å². The molecule has 84 valence electrons. The van der Waals surface area contributed by atoms with E-state index in [1.165, 1.54) is 12.1 Å². The molecule has 1 atom stereocenters. The maximum absolute atomic E-state index is 12.9. The first-order valence-electron chi connectivity index (χ1n) is 4.68. The van der Waals surface area contributed by atoms with Gasteiger partial charge in [-0.25, -0.2) is 4.39 Å². The molecule has 1 heterocycles. The summed E-state index contributed by atoms with van der Waals surface area (Å²) in [4.78, 5) is 0. The van der Waals surface area contributed by atoms with Gasteiger partial charge in [-0.2, -0.15) is 0 Å². The maximum Gasteiger partial charge on any atom is 0.165 e. The van der Waals surface area contributed by atoms with E-state index in [1.807, 2.05) is 0 Å². The monoisotopic (exact) mass is 285 g/mol. The average molecular weight is 286 g/mol. The summed E-state index contributed by atoms with van der Waals surface area (Å²) in [5, 5.41) is 13.1. The molecule has 1 aromatic heterocycles. The molecule has 0 bridgehead atoms. The zero-order chi connectivity index (χ0) is 11.7. The van der Waals surface area contributed by atoms with E-state index < -0.39 is 6.10 Å². The van der Waals surface area contributed by atoms with Crippen LogP contribution in [0.5, 0.6) is 0 Å². The van der Waals surface area contributed by atoms with Crippen LogP contribution in [0.15, 0.2) is 33.3 Å². The molecular weight excluding hydrogens is 277 g/mol. The second-order valence-corrected chi connectivity index (χ2v) is 4.27. The van der Waals surface area contributed by atoms with Gasteiger partial charge in [0.05, 0.1) is 0 Å². The van der Waals surface area contributed by atoms with Crippen molar-refractivity contribution < 1.29 is 14.0 Å². The lowest BCUT2D eigenvalue weighted by Crippen LogP contribution is -1.85. The molecule has 5 heteroatoms. The molecule has 0 spiro atoms. The van der Waals surface area contributed by atoms with E-state index in [9.17, 15) is 9.50 Å². The number of hydrogen-bond acceptors (Lipinski definition) is 3. The highest BCUT2D eigenvalue weighted by atomic mass is 79.9. The fraction of sp³-hybridized carbons (Fsp3) is 0.182. The van der Waals surface area contributed by atoms with Crippen LogP contribution >= 0.6 is 15.9 Å². The highest BCUT2D eigenvalue weighted by Crippen LogP contribution is 2.29. The summed E-state index contributed by atoms with van der Waals surface area (Å²) in [5.41, 5.74) is 1.28. The SMILES string of the molecule is CC(O)c1cc(-c2ccc(F)cc2Br)no1. The summed E-state index contributed by atoms with van der Waals surface area (Å²) >= 11 is 3.25. The molecule has 1 unspecified atom stereocenters. The molecule has 1 aromatic carbocycles. The second-order valence-electron chi connectivity index (χ2n) is 3.41. The van der Waals surface area contributed by atoms with Crippen molar-refractivity contribution in [1.82, 2.24) is 5.16 Å². The Balaban J connectivity index is 2.42. The number of aliphatic hydroxyl groups is 1. The molecule has 0 saturated heterocycles. The third-order valence-electron chi connectivity index (χ3n) is 2.15. The van der Waals surface area contributed by atoms with Crippen LogP contribution in [0.25, 0.3) is 11.3 Å². The first-order valence-corrected chi connectivity index (χ1v) is 5.47. The highest BCUT2D eigenvalue weighted by Gasteiger charge is 2.12. The Morgan fingerprint density at radius 2 is 2.19 bits per heavy atom. The lowest BCUT2D eigenvalue weighted by molar-refractivity contribution is 0.158. The number of aliphatic hydroxyl groups excluding tert-OH is 1. The van der Waals surface area contributed by atoms with Crippen LogP contribution in [-0.4, -0.2) is 10.3 Å². The summed E-state index contributed by atoms with van der Waals surface area (Å²) in [6.07, 6.45) is -0.708. The Bertz CT molecular complexity index is 510. The first-order chi connectivity index (χ1) is 7.58. The number of halogens is 2. The van der Waals surface area contributed by atoms with Gasteiger partial charge in [-0.15, -0.1) is 0 Å². The molecule has 0 aliphatic carbocycles. The van der Waals surface area contributed by atoms with Gasteiger partial charge in [0.15, 0.2) is 5.76 Å². The van der Waals surface area contributed by atoms with Gasteiger partial charge in [0.1, 0.15) is 17.6 Å². The van der Waals surface area contributed by atoms with E-state index >= 15 is 0 Å². The standard InChI is InChI=1S/C11H9BrFNO2/c1-6(15)11-5-10(14-16-11)8-3-2-7(13)4-9(8)12/h2-6,15H,1H3. The molecule has 0 saturated carbocycles. The van der Waals surface area contributed by atoms with Gasteiger partial charge < -0.3 is 9.63 Å². The van der Waals surface area contributed by atoms with E-state index in [-0.39, 0.29) is 5.82 Å². The van der Waals surface area contributed by atoms with Gasteiger partial charge in [0.2, 0.25) is 0 Å². The van der Waals surface area contributed by atoms with Crippen LogP contribution in [0.3, 0.4) is 0 Å². The number of hydrogen-bond donors (Lipinski definition) is 1. The van der Waals surface area contributed by atoms with Crippen LogP contribution in [0.4, 0.5) is 4.39 Å². The van der Waals surface area contributed by atoms with E-state index in [1.54, 1.807) is 19.1 Å². The summed E-state index contributed by atoms with van der Waals surface area (Å²) in [5.74, 6) is 0.0566.